The molecule has 3 rings (SSSR count). The number of carbonyl (C=O) groups is 1. The van der Waals surface area contributed by atoms with Crippen LogP contribution in [0.1, 0.15) is 5.56 Å². The third kappa shape index (κ3) is 4.37. The van der Waals surface area contributed by atoms with Crippen molar-refractivity contribution < 1.29 is 4.79 Å². The summed E-state index contributed by atoms with van der Waals surface area (Å²) in [5.74, 6) is -0.191. The van der Waals surface area contributed by atoms with Crippen LogP contribution in [-0.2, 0) is 4.79 Å². The van der Waals surface area contributed by atoms with Crippen molar-refractivity contribution >= 4 is 44.4 Å². The summed E-state index contributed by atoms with van der Waals surface area (Å²) in [6, 6.07) is 17.6. The molecule has 0 unspecified atom stereocenters. The Morgan fingerprint density at radius 2 is 1.96 bits per heavy atom. The minimum Gasteiger partial charge on any atom is -0.298 e. The predicted octanol–water partition coefficient (Wildman–Crippen LogP) is 5.22. The molecule has 3 aromatic rings. The van der Waals surface area contributed by atoms with Crippen molar-refractivity contribution in [2.45, 2.75) is 0 Å². The summed E-state index contributed by atoms with van der Waals surface area (Å²) in [6.07, 6.45) is 3.29. The van der Waals surface area contributed by atoms with Gasteiger partial charge in [0, 0.05) is 21.5 Å². The van der Waals surface area contributed by atoms with Crippen molar-refractivity contribution in [1.29, 1.82) is 0 Å². The van der Waals surface area contributed by atoms with E-state index in [9.17, 15) is 4.79 Å². The molecular formula is C18H13BrN2OS. The molecule has 0 aliphatic heterocycles. The Hall–Kier alpha value is -2.24. The number of amides is 1. The lowest BCUT2D eigenvalue weighted by Gasteiger charge is -1.98. The first-order chi connectivity index (χ1) is 11.2. The van der Waals surface area contributed by atoms with Gasteiger partial charge >= 0.3 is 0 Å². The summed E-state index contributed by atoms with van der Waals surface area (Å²) >= 11 is 4.85. The third-order valence-electron chi connectivity index (χ3n) is 3.08. The Bertz CT molecular complexity index is 843. The summed E-state index contributed by atoms with van der Waals surface area (Å²) in [6.45, 7) is 0. The van der Waals surface area contributed by atoms with Gasteiger partial charge in [0.25, 0.3) is 0 Å². The Balaban J connectivity index is 1.67. The summed E-state index contributed by atoms with van der Waals surface area (Å²) in [5, 5.41) is 5.30. The number of aromatic nitrogens is 1. The molecule has 0 radical (unpaired) electrons. The number of hydrogen-bond donors (Lipinski definition) is 1. The van der Waals surface area contributed by atoms with E-state index < -0.39 is 0 Å². The van der Waals surface area contributed by atoms with E-state index >= 15 is 0 Å². The fourth-order valence-electron chi connectivity index (χ4n) is 1.99. The molecule has 0 aliphatic rings. The molecule has 5 heteroatoms. The lowest BCUT2D eigenvalue weighted by Crippen LogP contribution is -2.07. The van der Waals surface area contributed by atoms with Gasteiger partial charge < -0.3 is 0 Å². The van der Waals surface area contributed by atoms with Crippen LogP contribution in [-0.4, -0.2) is 10.9 Å². The lowest BCUT2D eigenvalue weighted by atomic mass is 10.2. The van der Waals surface area contributed by atoms with Gasteiger partial charge in [-0.05, 0) is 23.8 Å². The molecule has 3 nitrogen and oxygen atoms in total. The molecule has 0 saturated heterocycles. The van der Waals surface area contributed by atoms with E-state index in [1.165, 1.54) is 17.4 Å². The number of carbonyl (C=O) groups excluding carboxylic acids is 1. The second-order valence-corrected chi connectivity index (χ2v) is 6.56. The van der Waals surface area contributed by atoms with Gasteiger partial charge in [0.2, 0.25) is 5.91 Å². The number of nitrogens with zero attached hydrogens (tertiary/aromatic N) is 1. The van der Waals surface area contributed by atoms with Crippen molar-refractivity contribution in [2.24, 2.45) is 0 Å². The first-order valence-electron chi connectivity index (χ1n) is 6.96. The number of rotatable bonds is 4. The molecule has 0 bridgehead atoms. The minimum atomic E-state index is -0.191. The number of nitrogens with one attached hydrogen (secondary N) is 1. The monoisotopic (exact) mass is 384 g/mol. The number of benzene rings is 2. The second-order valence-electron chi connectivity index (χ2n) is 4.78. The van der Waals surface area contributed by atoms with E-state index in [1.54, 1.807) is 6.08 Å². The van der Waals surface area contributed by atoms with Gasteiger partial charge in [0.15, 0.2) is 5.13 Å². The van der Waals surface area contributed by atoms with Crippen LogP contribution in [0.4, 0.5) is 5.13 Å². The lowest BCUT2D eigenvalue weighted by molar-refractivity contribution is -0.111. The van der Waals surface area contributed by atoms with Gasteiger partial charge in [0.1, 0.15) is 0 Å². The molecule has 0 spiro atoms. The predicted molar refractivity (Wildman–Crippen MR) is 99.4 cm³/mol. The van der Waals surface area contributed by atoms with Crippen LogP contribution in [0.2, 0.25) is 0 Å². The molecular weight excluding hydrogens is 372 g/mol. The third-order valence-corrected chi connectivity index (χ3v) is 4.33. The van der Waals surface area contributed by atoms with E-state index in [0.717, 1.165) is 21.3 Å². The molecule has 23 heavy (non-hydrogen) atoms. The molecule has 1 aromatic heterocycles. The average Bonchev–Trinajstić information content (AvgIpc) is 3.02. The molecule has 1 amide bonds. The molecule has 0 saturated carbocycles. The largest absolute Gasteiger partial charge is 0.298 e. The van der Waals surface area contributed by atoms with Crippen LogP contribution in [0.25, 0.3) is 17.3 Å². The summed E-state index contributed by atoms with van der Waals surface area (Å²) in [4.78, 5) is 16.4. The quantitative estimate of drug-likeness (QED) is 0.626. The highest BCUT2D eigenvalue weighted by molar-refractivity contribution is 9.10. The fraction of sp³-hybridized carbons (Fsp3) is 0. The van der Waals surface area contributed by atoms with Crippen molar-refractivity contribution in [3.05, 3.63) is 76.1 Å². The van der Waals surface area contributed by atoms with Gasteiger partial charge in [0.05, 0.1) is 5.69 Å². The number of anilines is 1. The maximum Gasteiger partial charge on any atom is 0.250 e. The fourth-order valence-corrected chi connectivity index (χ4v) is 3.12. The van der Waals surface area contributed by atoms with Crippen molar-refractivity contribution in [1.82, 2.24) is 4.98 Å². The van der Waals surface area contributed by atoms with E-state index in [1.807, 2.05) is 60.0 Å². The maximum absolute atomic E-state index is 11.9. The van der Waals surface area contributed by atoms with Crippen LogP contribution in [0.15, 0.2) is 70.5 Å². The highest BCUT2D eigenvalue weighted by atomic mass is 79.9. The van der Waals surface area contributed by atoms with E-state index in [-0.39, 0.29) is 5.91 Å². The van der Waals surface area contributed by atoms with Gasteiger partial charge in [-0.1, -0.05) is 58.4 Å². The Kier molecular flexibility index (Phi) is 5.00. The maximum atomic E-state index is 11.9. The Labute approximate surface area is 146 Å². The van der Waals surface area contributed by atoms with Crippen LogP contribution < -0.4 is 5.32 Å². The average molecular weight is 385 g/mol. The molecule has 114 valence electrons. The molecule has 0 aliphatic carbocycles. The minimum absolute atomic E-state index is 0.191. The molecule has 1 N–H and O–H groups in total. The van der Waals surface area contributed by atoms with Crippen LogP contribution in [0, 0.1) is 0 Å². The van der Waals surface area contributed by atoms with Crippen molar-refractivity contribution in [2.75, 3.05) is 5.32 Å². The van der Waals surface area contributed by atoms with Crippen LogP contribution >= 0.6 is 27.3 Å². The standard InChI is InChI=1S/C18H13BrN2OS/c19-15-8-4-7-14(11-15)16-12-23-18(20-16)21-17(22)10-9-13-5-2-1-3-6-13/h1-12H,(H,20,21,22)/b10-9+. The number of halogens is 1. The zero-order valence-corrected chi connectivity index (χ0v) is 14.5. The van der Waals surface area contributed by atoms with Crippen LogP contribution in [0.5, 0.6) is 0 Å². The number of hydrogen-bond acceptors (Lipinski definition) is 3. The van der Waals surface area contributed by atoms with Gasteiger partial charge in [-0.3, -0.25) is 10.1 Å². The Morgan fingerprint density at radius 1 is 1.13 bits per heavy atom. The molecule has 1 heterocycles. The van der Waals surface area contributed by atoms with Crippen molar-refractivity contribution in [3.63, 3.8) is 0 Å². The van der Waals surface area contributed by atoms with Crippen molar-refractivity contribution in [3.8, 4) is 11.3 Å². The molecule has 0 fully saturated rings. The smallest absolute Gasteiger partial charge is 0.250 e. The Morgan fingerprint density at radius 3 is 2.74 bits per heavy atom. The zero-order chi connectivity index (χ0) is 16.1. The van der Waals surface area contributed by atoms with Gasteiger partial charge in [-0.15, -0.1) is 11.3 Å². The first kappa shape index (κ1) is 15.6. The summed E-state index contributed by atoms with van der Waals surface area (Å²) in [5.41, 5.74) is 2.84. The number of thiazole rings is 1. The topological polar surface area (TPSA) is 42.0 Å². The van der Waals surface area contributed by atoms with E-state index in [2.05, 4.69) is 26.2 Å². The summed E-state index contributed by atoms with van der Waals surface area (Å²) in [7, 11) is 0. The first-order valence-corrected chi connectivity index (χ1v) is 8.63. The van der Waals surface area contributed by atoms with Gasteiger partial charge in [-0.25, -0.2) is 4.98 Å². The van der Waals surface area contributed by atoms with Crippen LogP contribution in [0.3, 0.4) is 0 Å². The van der Waals surface area contributed by atoms with E-state index in [0.29, 0.717) is 5.13 Å². The van der Waals surface area contributed by atoms with Gasteiger partial charge in [-0.2, -0.15) is 0 Å². The SMILES string of the molecule is O=C(/C=C/c1ccccc1)Nc1nc(-c2cccc(Br)c2)cs1. The summed E-state index contributed by atoms with van der Waals surface area (Å²) < 4.78 is 0.999. The normalized spacial score (nSPS) is 10.8. The van der Waals surface area contributed by atoms with E-state index in [4.69, 9.17) is 0 Å². The second kappa shape index (κ2) is 7.35. The molecule has 2 aromatic carbocycles. The molecule has 0 atom stereocenters. The zero-order valence-electron chi connectivity index (χ0n) is 12.1. The highest BCUT2D eigenvalue weighted by Crippen LogP contribution is 2.26. The highest BCUT2D eigenvalue weighted by Gasteiger charge is 2.06.